The van der Waals surface area contributed by atoms with E-state index in [1.807, 2.05) is 6.92 Å². The monoisotopic (exact) mass is 172 g/mol. The quantitative estimate of drug-likeness (QED) is 0.236. The molecule has 7 heavy (non-hydrogen) atoms. The molecule has 0 aliphatic heterocycles. The topological polar surface area (TPSA) is 9.23 Å². The van der Waals surface area contributed by atoms with E-state index in [0.717, 1.165) is 0 Å². The zero-order valence-electron chi connectivity index (χ0n) is 4.20. The van der Waals surface area contributed by atoms with Crippen molar-refractivity contribution in [1.82, 2.24) is 0 Å². The van der Waals surface area contributed by atoms with Crippen LogP contribution in [0.4, 0.5) is 0 Å². The van der Waals surface area contributed by atoms with Crippen LogP contribution in [0.3, 0.4) is 0 Å². The molecule has 0 saturated carbocycles. The van der Waals surface area contributed by atoms with Gasteiger partial charge in [0.05, 0.1) is 6.61 Å². The number of hydrogen-bond donors (Lipinski definition) is 0. The number of halogens is 1. The van der Waals surface area contributed by atoms with Gasteiger partial charge in [-0.3, -0.25) is 0 Å². The summed E-state index contributed by atoms with van der Waals surface area (Å²) in [4.78, 5) is 0. The summed E-state index contributed by atoms with van der Waals surface area (Å²) >= 11 is 0. The Morgan fingerprint density at radius 3 is 2.14 bits per heavy atom. The molecule has 0 rings (SSSR count). The Kier molecular flexibility index (Phi) is 35.7. The summed E-state index contributed by atoms with van der Waals surface area (Å²) in [6.07, 6.45) is 7.90. The zero-order valence-corrected chi connectivity index (χ0v) is 7.20. The second-order valence-corrected chi connectivity index (χ2v) is 0.535. The maximum absolute atomic E-state index is 6.13. The third-order valence-electron chi connectivity index (χ3n) is 0.217. The second kappa shape index (κ2) is 16.0. The summed E-state index contributed by atoms with van der Waals surface area (Å²) < 4.78 is 4.25. The van der Waals surface area contributed by atoms with Gasteiger partial charge < -0.3 is 28.1 Å². The summed E-state index contributed by atoms with van der Waals surface area (Å²) in [7, 11) is 0. The van der Waals surface area contributed by atoms with Gasteiger partial charge in [0.25, 0.3) is 0 Å². The van der Waals surface area contributed by atoms with Crippen molar-refractivity contribution in [2.24, 2.45) is 0 Å². The molecule has 0 fully saturated rings. The molecule has 36 valence electrons. The van der Waals surface area contributed by atoms with E-state index in [2.05, 4.69) is 4.74 Å². The maximum atomic E-state index is 6.13. The second-order valence-electron chi connectivity index (χ2n) is 0.535. The van der Waals surface area contributed by atoms with Crippen LogP contribution in [0.15, 0.2) is 0 Å². The summed E-state index contributed by atoms with van der Waals surface area (Å²) in [6.45, 7) is 2.35. The SMILES string of the molecule is [Br-].[C-]#COCC.[Mg+2]. The van der Waals surface area contributed by atoms with E-state index < -0.39 is 0 Å². The normalized spacial score (nSPS) is 4.00. The molecule has 0 aromatic rings. The average Bonchev–Trinajstić information content (AvgIpc) is 1.41. The molecule has 0 saturated heterocycles. The molecule has 0 spiro atoms. The third kappa shape index (κ3) is 20.6. The van der Waals surface area contributed by atoms with Crippen molar-refractivity contribution < 1.29 is 21.7 Å². The van der Waals surface area contributed by atoms with Crippen LogP contribution in [0, 0.1) is 12.5 Å². The fourth-order valence-electron chi connectivity index (χ4n) is 0.0722. The maximum Gasteiger partial charge on any atom is 2.00 e. The van der Waals surface area contributed by atoms with Crippen LogP contribution in [0.1, 0.15) is 6.92 Å². The minimum absolute atomic E-state index is 0. The minimum Gasteiger partial charge on any atom is -1.00 e. The van der Waals surface area contributed by atoms with Gasteiger partial charge in [-0.2, -0.15) is 0 Å². The molecule has 0 radical (unpaired) electrons. The number of ether oxygens (including phenoxy) is 1. The number of rotatable bonds is 1. The van der Waals surface area contributed by atoms with Crippen molar-refractivity contribution in [3.63, 3.8) is 0 Å². The summed E-state index contributed by atoms with van der Waals surface area (Å²) in [5, 5.41) is 0. The van der Waals surface area contributed by atoms with Crippen LogP contribution in [0.5, 0.6) is 0 Å². The van der Waals surface area contributed by atoms with Gasteiger partial charge >= 0.3 is 23.1 Å². The number of hydrogen-bond acceptors (Lipinski definition) is 1. The Balaban J connectivity index is -0.0000000800. The van der Waals surface area contributed by atoms with Gasteiger partial charge in [-0.15, -0.1) is 6.11 Å². The van der Waals surface area contributed by atoms with Crippen LogP contribution in [-0.2, 0) is 4.74 Å². The van der Waals surface area contributed by atoms with Crippen molar-refractivity contribution in [1.29, 1.82) is 0 Å². The van der Waals surface area contributed by atoms with Crippen molar-refractivity contribution in [2.45, 2.75) is 6.92 Å². The fraction of sp³-hybridized carbons (Fsp3) is 0.500. The smallest absolute Gasteiger partial charge is 1.00 e. The molecule has 0 aromatic carbocycles. The van der Waals surface area contributed by atoms with Gasteiger partial charge in [0.2, 0.25) is 0 Å². The zero-order chi connectivity index (χ0) is 4.12. The molecular weight excluding hydrogens is 168 g/mol. The van der Waals surface area contributed by atoms with Gasteiger partial charge in [0, 0.05) is 0 Å². The predicted molar refractivity (Wildman–Crippen MR) is 24.5 cm³/mol. The molecule has 0 N–H and O–H groups in total. The summed E-state index contributed by atoms with van der Waals surface area (Å²) in [6, 6.07) is 0. The van der Waals surface area contributed by atoms with E-state index in [-0.39, 0.29) is 40.0 Å². The first-order valence-corrected chi connectivity index (χ1v) is 1.45. The van der Waals surface area contributed by atoms with E-state index in [1.54, 1.807) is 6.11 Å². The Bertz CT molecular complexity index is 50.1. The predicted octanol–water partition coefficient (Wildman–Crippen LogP) is -2.81. The first-order valence-electron chi connectivity index (χ1n) is 1.45. The summed E-state index contributed by atoms with van der Waals surface area (Å²) in [5.74, 6) is 0. The molecule has 0 aromatic heterocycles. The Labute approximate surface area is 70.7 Å². The minimum atomic E-state index is 0. The largest absolute Gasteiger partial charge is 2.00 e. The molecule has 3 heteroatoms. The van der Waals surface area contributed by atoms with E-state index in [9.17, 15) is 0 Å². The molecule has 0 atom stereocenters. The molecule has 1 nitrogen and oxygen atoms in total. The van der Waals surface area contributed by atoms with Crippen LogP contribution in [0.2, 0.25) is 0 Å². The molecule has 0 unspecified atom stereocenters. The Morgan fingerprint density at radius 2 is 2.14 bits per heavy atom. The van der Waals surface area contributed by atoms with Gasteiger partial charge in [-0.25, -0.2) is 0 Å². The van der Waals surface area contributed by atoms with Gasteiger partial charge in [-0.1, -0.05) is 0 Å². The Hall–Kier alpha value is 0.606. The van der Waals surface area contributed by atoms with Gasteiger partial charge in [-0.05, 0) is 6.92 Å². The Morgan fingerprint density at radius 1 is 1.71 bits per heavy atom. The van der Waals surface area contributed by atoms with E-state index in [1.165, 1.54) is 0 Å². The summed E-state index contributed by atoms with van der Waals surface area (Å²) in [5.41, 5.74) is 0. The molecule has 0 heterocycles. The van der Waals surface area contributed by atoms with Crippen molar-refractivity contribution in [3.05, 3.63) is 6.42 Å². The standard InChI is InChI=1S/C4H5O.BrH.Mg/c1-3-5-4-2;;/h3H2,1H3;1H;/q-1;;+2/p-1. The van der Waals surface area contributed by atoms with Gasteiger partial charge in [0.1, 0.15) is 0 Å². The van der Waals surface area contributed by atoms with Crippen LogP contribution in [-0.4, -0.2) is 29.7 Å². The first kappa shape index (κ1) is 15.6. The fourth-order valence-corrected chi connectivity index (χ4v) is 0.0722. The molecule has 0 bridgehead atoms. The van der Waals surface area contributed by atoms with Crippen LogP contribution in [0.25, 0.3) is 0 Å². The first-order chi connectivity index (χ1) is 2.41. The molecule has 0 aliphatic carbocycles. The third-order valence-corrected chi connectivity index (χ3v) is 0.217. The van der Waals surface area contributed by atoms with Crippen LogP contribution >= 0.6 is 0 Å². The molecular formula is C4H5BrMgO. The van der Waals surface area contributed by atoms with Crippen molar-refractivity contribution in [3.8, 4) is 6.11 Å². The molecule has 0 aliphatic rings. The van der Waals surface area contributed by atoms with Crippen molar-refractivity contribution >= 4 is 23.1 Å². The van der Waals surface area contributed by atoms with E-state index in [0.29, 0.717) is 6.61 Å². The van der Waals surface area contributed by atoms with Gasteiger partial charge in [0.15, 0.2) is 0 Å². The van der Waals surface area contributed by atoms with E-state index >= 15 is 0 Å². The molecule has 0 amide bonds. The van der Waals surface area contributed by atoms with Crippen molar-refractivity contribution in [2.75, 3.05) is 6.61 Å². The van der Waals surface area contributed by atoms with Crippen LogP contribution < -0.4 is 17.0 Å². The van der Waals surface area contributed by atoms with E-state index in [4.69, 9.17) is 6.42 Å². The average molecular weight is 173 g/mol.